The first-order valence-electron chi connectivity index (χ1n) is 14.6. The fourth-order valence-electron chi connectivity index (χ4n) is 4.18. The van der Waals surface area contributed by atoms with Crippen molar-refractivity contribution in [2.24, 2.45) is 0 Å². The summed E-state index contributed by atoms with van der Waals surface area (Å²) in [5.74, 6) is -0.488. The molecule has 214 valence electrons. The zero-order valence-electron chi connectivity index (χ0n) is 23.4. The van der Waals surface area contributed by atoms with E-state index in [-0.39, 0.29) is 12.7 Å². The van der Waals surface area contributed by atoms with E-state index in [0.29, 0.717) is 18.3 Å². The third-order valence-electron chi connectivity index (χ3n) is 6.57. The van der Waals surface area contributed by atoms with E-state index in [9.17, 15) is 14.5 Å². The van der Waals surface area contributed by atoms with Gasteiger partial charge in [-0.05, 0) is 31.9 Å². The van der Waals surface area contributed by atoms with Crippen LogP contribution in [0, 0.1) is 0 Å². The summed E-state index contributed by atoms with van der Waals surface area (Å²) in [6.45, 7) is 7.02. The van der Waals surface area contributed by atoms with E-state index in [0.717, 1.165) is 6.42 Å². The summed E-state index contributed by atoms with van der Waals surface area (Å²) in [4.78, 5) is 10.9. The van der Waals surface area contributed by atoms with E-state index in [4.69, 9.17) is 14.6 Å². The number of aliphatic hydroxyl groups is 1. The number of ether oxygens (including phenoxy) is 2. The van der Waals surface area contributed by atoms with E-state index in [1.807, 2.05) is 11.8 Å². The van der Waals surface area contributed by atoms with Gasteiger partial charge in [0.15, 0.2) is 0 Å². The summed E-state index contributed by atoms with van der Waals surface area (Å²) < 4.78 is 21.8. The summed E-state index contributed by atoms with van der Waals surface area (Å²) in [6, 6.07) is 0. The summed E-state index contributed by atoms with van der Waals surface area (Å²) in [6.07, 6.45) is 22.9. The van der Waals surface area contributed by atoms with E-state index in [2.05, 4.69) is 20.8 Å². The summed E-state index contributed by atoms with van der Waals surface area (Å²) >= 11 is 2.04. The van der Waals surface area contributed by atoms with Crippen LogP contribution in [0.2, 0.25) is 0 Å². The van der Waals surface area contributed by atoms with Crippen molar-refractivity contribution in [3.8, 4) is 0 Å². The zero-order valence-corrected chi connectivity index (χ0v) is 25.1. The molecule has 0 fully saturated rings. The number of unbranched alkanes of at least 4 members (excludes halogenated alkanes) is 14. The van der Waals surface area contributed by atoms with Gasteiger partial charge in [0.25, 0.3) is 0 Å². The van der Waals surface area contributed by atoms with Crippen LogP contribution in [-0.2, 0) is 18.8 Å². The number of carbonyl (C=O) groups is 1. The average Bonchev–Trinajstić information content (AvgIpc) is 2.87. The summed E-state index contributed by atoms with van der Waals surface area (Å²) in [5.41, 5.74) is -2.67. The first-order chi connectivity index (χ1) is 17.4. The number of thioether (sulfide) groups is 1. The number of aliphatic carboxylic acids is 1. The van der Waals surface area contributed by atoms with Crippen LogP contribution in [0.15, 0.2) is 0 Å². The molecule has 0 amide bonds. The maximum Gasteiger partial charge on any atom is 0.377 e. The SMILES string of the molecule is CCCCCCCCCCCSC(CCCCCCCCC)C(C)OCCCOC(O)(P=O)C(=O)O. The lowest BCUT2D eigenvalue weighted by Crippen LogP contribution is -2.36. The van der Waals surface area contributed by atoms with Gasteiger partial charge in [0.05, 0.1) is 12.7 Å². The number of rotatable bonds is 28. The minimum absolute atomic E-state index is 0.0290. The van der Waals surface area contributed by atoms with Gasteiger partial charge >= 0.3 is 11.5 Å². The summed E-state index contributed by atoms with van der Waals surface area (Å²) in [7, 11) is -0.976. The highest BCUT2D eigenvalue weighted by Crippen LogP contribution is 2.26. The second-order valence-electron chi connectivity index (χ2n) is 9.93. The minimum atomic E-state index is -2.67. The Kier molecular flexibility index (Phi) is 25.0. The lowest BCUT2D eigenvalue weighted by Gasteiger charge is -2.24. The Bertz CT molecular complexity index is 524. The van der Waals surface area contributed by atoms with Crippen LogP contribution < -0.4 is 0 Å². The molecule has 3 unspecified atom stereocenters. The molecule has 0 aliphatic heterocycles. The predicted molar refractivity (Wildman–Crippen MR) is 152 cm³/mol. The van der Waals surface area contributed by atoms with Crippen molar-refractivity contribution >= 4 is 26.2 Å². The van der Waals surface area contributed by atoms with Crippen LogP contribution >= 0.6 is 20.2 Å². The Morgan fingerprint density at radius 1 is 0.806 bits per heavy atom. The van der Waals surface area contributed by atoms with Crippen molar-refractivity contribution in [3.63, 3.8) is 0 Å². The highest BCUT2D eigenvalue weighted by atomic mass is 32.2. The molecular formula is C28H55O6PS. The van der Waals surface area contributed by atoms with Crippen LogP contribution in [0.4, 0.5) is 0 Å². The zero-order chi connectivity index (χ0) is 26.9. The molecule has 0 heterocycles. The van der Waals surface area contributed by atoms with Crippen molar-refractivity contribution < 1.29 is 29.0 Å². The molecule has 0 saturated carbocycles. The standard InChI is InChI=1S/C28H55O6PS/c1-4-6-8-10-12-13-15-17-19-24-36-26(21-18-16-14-11-9-7-5-2)25(3)33-22-20-23-34-28(31,35-32)27(29)30/h25-26,31H,4-24H2,1-3H3,(H,29,30). The molecule has 0 aliphatic carbocycles. The molecule has 0 rings (SSSR count). The Morgan fingerprint density at radius 3 is 1.81 bits per heavy atom. The van der Waals surface area contributed by atoms with Crippen molar-refractivity contribution in [2.75, 3.05) is 19.0 Å². The minimum Gasteiger partial charge on any atom is -0.477 e. The van der Waals surface area contributed by atoms with E-state index < -0.39 is 20.0 Å². The van der Waals surface area contributed by atoms with Crippen molar-refractivity contribution in [1.82, 2.24) is 0 Å². The molecule has 36 heavy (non-hydrogen) atoms. The van der Waals surface area contributed by atoms with Crippen LogP contribution in [0.25, 0.3) is 0 Å². The first-order valence-corrected chi connectivity index (χ1v) is 16.4. The highest BCUT2D eigenvalue weighted by Gasteiger charge is 2.38. The number of carboxylic acids is 1. The third-order valence-corrected chi connectivity index (χ3v) is 8.71. The van der Waals surface area contributed by atoms with Gasteiger partial charge in [0.1, 0.15) is 0 Å². The molecule has 2 N–H and O–H groups in total. The smallest absolute Gasteiger partial charge is 0.377 e. The second-order valence-corrected chi connectivity index (χ2v) is 12.1. The topological polar surface area (TPSA) is 93.1 Å². The average molecular weight is 551 g/mol. The monoisotopic (exact) mass is 550 g/mol. The van der Waals surface area contributed by atoms with E-state index in [1.165, 1.54) is 108 Å². The molecule has 6 nitrogen and oxygen atoms in total. The molecule has 0 bridgehead atoms. The van der Waals surface area contributed by atoms with Gasteiger partial charge in [-0.15, -0.1) is 0 Å². The van der Waals surface area contributed by atoms with Crippen LogP contribution in [0.3, 0.4) is 0 Å². The number of hydrogen-bond acceptors (Lipinski definition) is 6. The lowest BCUT2D eigenvalue weighted by molar-refractivity contribution is -0.190. The molecule has 0 aromatic rings. The fraction of sp³-hybridized carbons (Fsp3) is 0.964. The second kappa shape index (κ2) is 25.1. The van der Waals surface area contributed by atoms with Crippen LogP contribution in [0.1, 0.15) is 136 Å². The number of carboxylic acid groups (broad SMARTS) is 1. The lowest BCUT2D eigenvalue weighted by atomic mass is 10.1. The van der Waals surface area contributed by atoms with Gasteiger partial charge in [0.2, 0.25) is 8.46 Å². The molecule has 0 saturated heterocycles. The van der Waals surface area contributed by atoms with Gasteiger partial charge in [-0.3, -0.25) is 4.57 Å². The van der Waals surface area contributed by atoms with Crippen molar-refractivity contribution in [1.29, 1.82) is 0 Å². The van der Waals surface area contributed by atoms with Gasteiger partial charge in [-0.2, -0.15) is 11.8 Å². The molecule has 0 aliphatic rings. The van der Waals surface area contributed by atoms with Gasteiger partial charge in [0, 0.05) is 11.9 Å². The van der Waals surface area contributed by atoms with Gasteiger partial charge in [-0.1, -0.05) is 110 Å². The van der Waals surface area contributed by atoms with Crippen molar-refractivity contribution in [2.45, 2.75) is 153 Å². The maximum atomic E-state index is 10.9. The van der Waals surface area contributed by atoms with E-state index >= 15 is 0 Å². The van der Waals surface area contributed by atoms with Crippen LogP contribution in [0.5, 0.6) is 0 Å². The molecule has 0 aromatic heterocycles. The molecule has 0 spiro atoms. The Morgan fingerprint density at radius 2 is 1.31 bits per heavy atom. The Labute approximate surface area is 227 Å². The predicted octanol–water partition coefficient (Wildman–Crippen LogP) is 8.59. The van der Waals surface area contributed by atoms with Gasteiger partial charge < -0.3 is 19.7 Å². The van der Waals surface area contributed by atoms with Gasteiger partial charge in [-0.25, -0.2) is 4.79 Å². The Balaban J connectivity index is 4.26. The normalized spacial score (nSPS) is 15.1. The quantitative estimate of drug-likeness (QED) is 0.0572. The molecule has 0 radical (unpaired) electrons. The summed E-state index contributed by atoms with van der Waals surface area (Å²) in [5, 5.41) is 19.0. The molecule has 0 aromatic carbocycles. The highest BCUT2D eigenvalue weighted by molar-refractivity contribution is 7.99. The molecular weight excluding hydrogens is 495 g/mol. The van der Waals surface area contributed by atoms with Crippen LogP contribution in [-0.4, -0.2) is 52.0 Å². The largest absolute Gasteiger partial charge is 0.477 e. The molecule has 3 atom stereocenters. The number of hydrogen-bond donors (Lipinski definition) is 2. The van der Waals surface area contributed by atoms with E-state index in [1.54, 1.807) is 0 Å². The Hall–Kier alpha value is -0.200. The van der Waals surface area contributed by atoms with Crippen molar-refractivity contribution in [3.05, 3.63) is 0 Å². The maximum absolute atomic E-state index is 10.9. The fourth-order valence-corrected chi connectivity index (χ4v) is 5.76. The third kappa shape index (κ3) is 19.9. The first kappa shape index (κ1) is 35.8. The molecule has 8 heteroatoms.